The summed E-state index contributed by atoms with van der Waals surface area (Å²) in [6.45, 7) is 4.03. The number of hydrogen-bond acceptors (Lipinski definition) is 4. The fourth-order valence-corrected chi connectivity index (χ4v) is 1.57. The van der Waals surface area contributed by atoms with Crippen LogP contribution in [0.2, 0.25) is 0 Å². The van der Waals surface area contributed by atoms with Crippen molar-refractivity contribution in [3.05, 3.63) is 35.4 Å². The zero-order chi connectivity index (χ0) is 14.8. The molecule has 0 aliphatic heterocycles. The van der Waals surface area contributed by atoms with Gasteiger partial charge in [-0.2, -0.15) is 0 Å². The van der Waals surface area contributed by atoms with Crippen molar-refractivity contribution in [2.75, 3.05) is 19.8 Å². The van der Waals surface area contributed by atoms with Crippen molar-refractivity contribution in [2.24, 2.45) is 10.9 Å². The highest BCUT2D eigenvalue weighted by Crippen LogP contribution is 2.04. The first-order valence-corrected chi connectivity index (χ1v) is 6.63. The van der Waals surface area contributed by atoms with Crippen LogP contribution in [-0.4, -0.2) is 36.7 Å². The third-order valence-corrected chi connectivity index (χ3v) is 2.65. The van der Waals surface area contributed by atoms with E-state index < -0.39 is 0 Å². The van der Waals surface area contributed by atoms with Gasteiger partial charge in [0.2, 0.25) is 0 Å². The molecule has 4 N–H and O–H groups in total. The molecule has 6 heteroatoms. The Hall–Kier alpha value is -2.08. The minimum Gasteiger partial charge on any atom is -0.409 e. The molecule has 0 saturated heterocycles. The maximum atomic E-state index is 11.8. The van der Waals surface area contributed by atoms with E-state index in [-0.39, 0.29) is 11.7 Å². The summed E-state index contributed by atoms with van der Waals surface area (Å²) in [5.74, 6) is -0.128. The van der Waals surface area contributed by atoms with E-state index >= 15 is 0 Å². The Morgan fingerprint density at radius 1 is 1.30 bits per heavy atom. The topological polar surface area (TPSA) is 96.9 Å². The summed E-state index contributed by atoms with van der Waals surface area (Å²) in [5, 5.41) is 14.3. The molecule has 20 heavy (non-hydrogen) atoms. The lowest BCUT2D eigenvalue weighted by Gasteiger charge is -2.06. The van der Waals surface area contributed by atoms with Crippen molar-refractivity contribution in [3.63, 3.8) is 0 Å². The van der Waals surface area contributed by atoms with Gasteiger partial charge in [-0.15, -0.1) is 0 Å². The van der Waals surface area contributed by atoms with E-state index in [4.69, 9.17) is 15.7 Å². The molecule has 110 valence electrons. The quantitative estimate of drug-likeness (QED) is 0.220. The average molecular weight is 279 g/mol. The van der Waals surface area contributed by atoms with Gasteiger partial charge >= 0.3 is 0 Å². The first-order chi connectivity index (χ1) is 9.69. The van der Waals surface area contributed by atoms with Crippen LogP contribution >= 0.6 is 0 Å². The fourth-order valence-electron chi connectivity index (χ4n) is 1.57. The van der Waals surface area contributed by atoms with Crippen molar-refractivity contribution in [1.29, 1.82) is 0 Å². The molecular formula is C14H21N3O3. The molecule has 0 unspecified atom stereocenters. The Morgan fingerprint density at radius 3 is 2.55 bits per heavy atom. The van der Waals surface area contributed by atoms with Crippen LogP contribution in [-0.2, 0) is 4.74 Å². The van der Waals surface area contributed by atoms with Gasteiger partial charge in [0, 0.05) is 30.9 Å². The Morgan fingerprint density at radius 2 is 1.95 bits per heavy atom. The summed E-state index contributed by atoms with van der Waals surface area (Å²) in [5.41, 5.74) is 6.55. The minimum absolute atomic E-state index is 0.0185. The molecule has 0 bridgehead atoms. The zero-order valence-electron chi connectivity index (χ0n) is 11.6. The van der Waals surface area contributed by atoms with Gasteiger partial charge in [0.15, 0.2) is 5.84 Å². The number of nitrogens with one attached hydrogen (secondary N) is 1. The van der Waals surface area contributed by atoms with E-state index in [9.17, 15) is 4.79 Å². The smallest absolute Gasteiger partial charge is 0.251 e. The Bertz CT molecular complexity index is 443. The molecule has 0 saturated carbocycles. The maximum absolute atomic E-state index is 11.8. The predicted octanol–water partition coefficient (Wildman–Crippen LogP) is 1.33. The van der Waals surface area contributed by atoms with Crippen molar-refractivity contribution >= 4 is 11.7 Å². The number of nitrogens with two attached hydrogens (primary N) is 1. The molecule has 0 heterocycles. The number of hydrogen-bond donors (Lipinski definition) is 3. The van der Waals surface area contributed by atoms with Gasteiger partial charge in [0.05, 0.1) is 0 Å². The molecule has 0 aliphatic carbocycles. The number of rotatable bonds is 8. The van der Waals surface area contributed by atoms with Crippen molar-refractivity contribution < 1.29 is 14.7 Å². The fraction of sp³-hybridized carbons (Fsp3) is 0.429. The van der Waals surface area contributed by atoms with Crippen molar-refractivity contribution in [2.45, 2.75) is 19.8 Å². The monoisotopic (exact) mass is 279 g/mol. The normalized spacial score (nSPS) is 11.3. The van der Waals surface area contributed by atoms with Gasteiger partial charge in [-0.25, -0.2) is 0 Å². The van der Waals surface area contributed by atoms with Crippen LogP contribution in [0.1, 0.15) is 35.7 Å². The lowest BCUT2D eigenvalue weighted by atomic mass is 10.1. The van der Waals surface area contributed by atoms with Gasteiger partial charge in [0.25, 0.3) is 5.91 Å². The highest BCUT2D eigenvalue weighted by atomic mass is 16.5. The number of amides is 1. The van der Waals surface area contributed by atoms with Gasteiger partial charge < -0.3 is 21.0 Å². The summed E-state index contributed by atoms with van der Waals surface area (Å²) in [6, 6.07) is 6.54. The van der Waals surface area contributed by atoms with Gasteiger partial charge in [-0.3, -0.25) is 4.79 Å². The van der Waals surface area contributed by atoms with Crippen LogP contribution in [0.4, 0.5) is 0 Å². The average Bonchev–Trinajstić information content (AvgIpc) is 2.50. The molecule has 1 aromatic rings. The molecule has 0 fully saturated rings. The van der Waals surface area contributed by atoms with E-state index in [1.807, 2.05) is 0 Å². The standard InChI is InChI=1S/C14H21N3O3/c1-2-9-20-10-3-8-16-14(18)12-6-4-11(5-7-12)13(15)17-19/h4-7,19H,2-3,8-10H2,1H3,(H2,15,17)(H,16,18). The predicted molar refractivity (Wildman–Crippen MR) is 77.0 cm³/mol. The minimum atomic E-state index is -0.147. The van der Waals surface area contributed by atoms with Gasteiger partial charge in [0.1, 0.15) is 0 Å². The van der Waals surface area contributed by atoms with Crippen molar-refractivity contribution in [1.82, 2.24) is 5.32 Å². The number of nitrogens with zero attached hydrogens (tertiary/aromatic N) is 1. The van der Waals surface area contributed by atoms with Crippen LogP contribution in [0.15, 0.2) is 29.4 Å². The van der Waals surface area contributed by atoms with Gasteiger partial charge in [-0.05, 0) is 25.0 Å². The maximum Gasteiger partial charge on any atom is 0.251 e. The van der Waals surface area contributed by atoms with Crippen LogP contribution in [0, 0.1) is 0 Å². The van der Waals surface area contributed by atoms with Gasteiger partial charge in [-0.1, -0.05) is 24.2 Å². The number of carbonyl (C=O) groups excluding carboxylic acids is 1. The summed E-state index contributed by atoms with van der Waals surface area (Å²) >= 11 is 0. The van der Waals surface area contributed by atoms with E-state index in [0.29, 0.717) is 24.3 Å². The lowest BCUT2D eigenvalue weighted by molar-refractivity contribution is 0.0941. The summed E-state index contributed by atoms with van der Waals surface area (Å²) < 4.78 is 5.32. The largest absolute Gasteiger partial charge is 0.409 e. The number of amidine groups is 1. The third-order valence-electron chi connectivity index (χ3n) is 2.65. The molecule has 1 aromatic carbocycles. The summed E-state index contributed by atoms with van der Waals surface area (Å²) in [4.78, 5) is 11.8. The summed E-state index contributed by atoms with van der Waals surface area (Å²) in [6.07, 6.45) is 1.78. The molecule has 6 nitrogen and oxygen atoms in total. The van der Waals surface area contributed by atoms with Crippen LogP contribution in [0.5, 0.6) is 0 Å². The highest BCUT2D eigenvalue weighted by Gasteiger charge is 2.05. The van der Waals surface area contributed by atoms with E-state index in [1.54, 1.807) is 24.3 Å². The molecular weight excluding hydrogens is 258 g/mol. The number of ether oxygens (including phenoxy) is 1. The van der Waals surface area contributed by atoms with E-state index in [2.05, 4.69) is 17.4 Å². The zero-order valence-corrected chi connectivity index (χ0v) is 11.6. The summed E-state index contributed by atoms with van der Waals surface area (Å²) in [7, 11) is 0. The van der Waals surface area contributed by atoms with Crippen LogP contribution in [0.3, 0.4) is 0 Å². The second-order valence-corrected chi connectivity index (χ2v) is 4.28. The van der Waals surface area contributed by atoms with Crippen molar-refractivity contribution in [3.8, 4) is 0 Å². The van der Waals surface area contributed by atoms with Crippen LogP contribution < -0.4 is 11.1 Å². The highest BCUT2D eigenvalue weighted by molar-refractivity contribution is 5.99. The second-order valence-electron chi connectivity index (χ2n) is 4.28. The molecule has 0 radical (unpaired) electrons. The Labute approximate surface area is 118 Å². The molecule has 0 atom stereocenters. The molecule has 1 rings (SSSR count). The number of oxime groups is 1. The molecule has 0 aromatic heterocycles. The third kappa shape index (κ3) is 5.27. The van der Waals surface area contributed by atoms with E-state index in [0.717, 1.165) is 19.4 Å². The van der Waals surface area contributed by atoms with Crippen LogP contribution in [0.25, 0.3) is 0 Å². The van der Waals surface area contributed by atoms with E-state index in [1.165, 1.54) is 0 Å². The Kier molecular flexibility index (Phi) is 7.13. The number of benzene rings is 1. The number of carbonyl (C=O) groups is 1. The second kappa shape index (κ2) is 8.92. The lowest BCUT2D eigenvalue weighted by Crippen LogP contribution is -2.25. The first kappa shape index (κ1) is 16.0. The molecule has 0 spiro atoms. The molecule has 1 amide bonds. The molecule has 0 aliphatic rings. The SMILES string of the molecule is CCCOCCCNC(=O)c1ccc(/C(N)=N/O)cc1. The first-order valence-electron chi connectivity index (χ1n) is 6.63. The Balaban J connectivity index is 2.36.